The van der Waals surface area contributed by atoms with Gasteiger partial charge < -0.3 is 14.8 Å². The normalized spacial score (nSPS) is 18.8. The maximum atomic E-state index is 12.6. The molecule has 0 bridgehead atoms. The number of anilines is 1. The van der Waals surface area contributed by atoms with Gasteiger partial charge in [-0.15, -0.1) is 5.10 Å². The van der Waals surface area contributed by atoms with Gasteiger partial charge >= 0.3 is 0 Å². The SMILES string of the molecule is CCn1c(-c2ccccc2)nn(C[NH+]2CCC(C(=O)Nc3ccccc3)CC2)c1=S. The van der Waals surface area contributed by atoms with Gasteiger partial charge in [-0.2, -0.15) is 4.68 Å². The predicted octanol–water partition coefficient (Wildman–Crippen LogP) is 2.99. The number of aromatic nitrogens is 3. The quantitative estimate of drug-likeness (QED) is 0.601. The average molecular weight is 423 g/mol. The predicted molar refractivity (Wildman–Crippen MR) is 121 cm³/mol. The number of piperidine rings is 1. The number of hydrogen-bond acceptors (Lipinski definition) is 3. The van der Waals surface area contributed by atoms with Crippen LogP contribution >= 0.6 is 12.2 Å². The second-order valence-electron chi connectivity index (χ2n) is 7.75. The summed E-state index contributed by atoms with van der Waals surface area (Å²) in [5.74, 6) is 1.10. The molecule has 3 aromatic rings. The molecule has 1 aliphatic heterocycles. The van der Waals surface area contributed by atoms with Crippen molar-refractivity contribution in [2.45, 2.75) is 33.0 Å². The second kappa shape index (κ2) is 9.36. The van der Waals surface area contributed by atoms with E-state index in [1.807, 2.05) is 53.2 Å². The maximum absolute atomic E-state index is 12.6. The summed E-state index contributed by atoms with van der Waals surface area (Å²) < 4.78 is 4.79. The Morgan fingerprint density at radius 1 is 1.10 bits per heavy atom. The van der Waals surface area contributed by atoms with Gasteiger partial charge in [0.15, 0.2) is 12.5 Å². The maximum Gasteiger partial charge on any atom is 0.227 e. The van der Waals surface area contributed by atoms with Crippen LogP contribution in [-0.2, 0) is 18.0 Å². The van der Waals surface area contributed by atoms with Gasteiger partial charge in [0.05, 0.1) is 13.1 Å². The Labute approximate surface area is 182 Å². The number of carbonyl (C=O) groups excluding carboxylic acids is 1. The van der Waals surface area contributed by atoms with Crippen molar-refractivity contribution in [2.75, 3.05) is 18.4 Å². The van der Waals surface area contributed by atoms with Crippen molar-refractivity contribution >= 4 is 23.8 Å². The summed E-state index contributed by atoms with van der Waals surface area (Å²) >= 11 is 5.70. The summed E-state index contributed by atoms with van der Waals surface area (Å²) in [7, 11) is 0. The molecule has 1 saturated heterocycles. The summed E-state index contributed by atoms with van der Waals surface area (Å²) in [4.78, 5) is 14.0. The Morgan fingerprint density at radius 3 is 2.37 bits per heavy atom. The molecule has 156 valence electrons. The standard InChI is InChI=1S/C23H27N5OS/c1-2-27-21(18-9-5-3-6-10-18)25-28(23(27)30)17-26-15-13-19(14-16-26)22(29)24-20-11-7-4-8-12-20/h3-12,19H,2,13-17H2,1H3,(H,24,29)/p+1. The molecule has 4 rings (SSSR count). The molecule has 30 heavy (non-hydrogen) atoms. The number of quaternary nitrogens is 1. The smallest absolute Gasteiger partial charge is 0.227 e. The highest BCUT2D eigenvalue weighted by molar-refractivity contribution is 7.71. The number of hydrogen-bond donors (Lipinski definition) is 2. The van der Waals surface area contributed by atoms with E-state index in [4.69, 9.17) is 17.3 Å². The molecule has 0 atom stereocenters. The number of benzene rings is 2. The Morgan fingerprint density at radius 2 is 1.73 bits per heavy atom. The van der Waals surface area contributed by atoms with Crippen molar-refractivity contribution in [3.63, 3.8) is 0 Å². The van der Waals surface area contributed by atoms with Gasteiger partial charge in [0.25, 0.3) is 0 Å². The Kier molecular flexibility index (Phi) is 6.40. The molecule has 1 aliphatic rings. The second-order valence-corrected chi connectivity index (χ2v) is 8.12. The number of carbonyl (C=O) groups is 1. The van der Waals surface area contributed by atoms with Gasteiger partial charge in [0.2, 0.25) is 10.7 Å². The van der Waals surface area contributed by atoms with Crippen LogP contribution in [0, 0.1) is 10.7 Å². The first kappa shape index (κ1) is 20.5. The lowest BCUT2D eigenvalue weighted by molar-refractivity contribution is -0.928. The number of nitrogens with zero attached hydrogens (tertiary/aromatic N) is 3. The van der Waals surface area contributed by atoms with Gasteiger partial charge in [-0.3, -0.25) is 4.79 Å². The van der Waals surface area contributed by atoms with E-state index >= 15 is 0 Å². The van der Waals surface area contributed by atoms with E-state index in [1.165, 1.54) is 4.90 Å². The molecule has 2 aromatic carbocycles. The van der Waals surface area contributed by atoms with Gasteiger partial charge in [-0.1, -0.05) is 48.5 Å². The molecule has 1 amide bonds. The van der Waals surface area contributed by atoms with Crippen LogP contribution in [0.25, 0.3) is 11.4 Å². The monoisotopic (exact) mass is 422 g/mol. The van der Waals surface area contributed by atoms with E-state index in [9.17, 15) is 4.79 Å². The van der Waals surface area contributed by atoms with Crippen LogP contribution in [-0.4, -0.2) is 33.3 Å². The number of para-hydroxylation sites is 1. The zero-order valence-electron chi connectivity index (χ0n) is 17.3. The highest BCUT2D eigenvalue weighted by Crippen LogP contribution is 2.18. The van der Waals surface area contributed by atoms with E-state index in [0.29, 0.717) is 0 Å². The lowest BCUT2D eigenvalue weighted by Crippen LogP contribution is -3.12. The van der Waals surface area contributed by atoms with Crippen LogP contribution < -0.4 is 10.2 Å². The molecule has 0 spiro atoms. The van der Waals surface area contributed by atoms with Crippen LogP contribution in [0.2, 0.25) is 0 Å². The number of nitrogens with one attached hydrogen (secondary N) is 2. The molecule has 0 saturated carbocycles. The van der Waals surface area contributed by atoms with Crippen LogP contribution in [0.3, 0.4) is 0 Å². The lowest BCUT2D eigenvalue weighted by atomic mass is 9.96. The molecule has 6 nitrogen and oxygen atoms in total. The lowest BCUT2D eigenvalue weighted by Gasteiger charge is -2.28. The molecule has 2 N–H and O–H groups in total. The summed E-state index contributed by atoms with van der Waals surface area (Å²) in [6.45, 7) is 5.50. The summed E-state index contributed by atoms with van der Waals surface area (Å²) in [5.41, 5.74) is 1.94. The van der Waals surface area contributed by atoms with Crippen molar-refractivity contribution in [2.24, 2.45) is 5.92 Å². The highest BCUT2D eigenvalue weighted by Gasteiger charge is 2.28. The van der Waals surface area contributed by atoms with Crippen LogP contribution in [0.4, 0.5) is 5.69 Å². The molecular weight excluding hydrogens is 394 g/mol. The van der Waals surface area contributed by atoms with Crippen molar-refractivity contribution in [1.29, 1.82) is 0 Å². The molecule has 1 fully saturated rings. The molecule has 0 unspecified atom stereocenters. The average Bonchev–Trinajstić information content (AvgIpc) is 3.10. The summed E-state index contributed by atoms with van der Waals surface area (Å²) in [6.07, 6.45) is 1.75. The Hall–Kier alpha value is -2.77. The molecule has 1 aromatic heterocycles. The minimum Gasteiger partial charge on any atom is -0.326 e. The first-order chi connectivity index (χ1) is 14.7. The molecular formula is C23H28N5OS+. The van der Waals surface area contributed by atoms with Crippen LogP contribution in [0.1, 0.15) is 19.8 Å². The third kappa shape index (κ3) is 4.52. The largest absolute Gasteiger partial charge is 0.326 e. The van der Waals surface area contributed by atoms with Crippen molar-refractivity contribution in [3.8, 4) is 11.4 Å². The fourth-order valence-electron chi connectivity index (χ4n) is 4.05. The first-order valence-electron chi connectivity index (χ1n) is 10.6. The summed E-state index contributed by atoms with van der Waals surface area (Å²) in [5, 5.41) is 7.87. The van der Waals surface area contributed by atoms with E-state index in [-0.39, 0.29) is 11.8 Å². The van der Waals surface area contributed by atoms with Crippen LogP contribution in [0.15, 0.2) is 60.7 Å². The van der Waals surface area contributed by atoms with Crippen molar-refractivity contribution < 1.29 is 9.69 Å². The fourth-order valence-corrected chi connectivity index (χ4v) is 4.37. The number of likely N-dealkylation sites (tertiary alicyclic amines) is 1. The molecule has 7 heteroatoms. The third-order valence-electron chi connectivity index (χ3n) is 5.75. The minimum absolute atomic E-state index is 0.0648. The molecule has 2 heterocycles. The fraction of sp³-hybridized carbons (Fsp3) is 0.348. The van der Waals surface area contributed by atoms with Gasteiger partial charge in [-0.05, 0) is 31.3 Å². The number of rotatable bonds is 6. The zero-order chi connectivity index (χ0) is 20.9. The topological polar surface area (TPSA) is 56.3 Å². The highest BCUT2D eigenvalue weighted by atomic mass is 32.1. The Balaban J connectivity index is 1.39. The van der Waals surface area contributed by atoms with E-state index in [1.54, 1.807) is 0 Å². The minimum atomic E-state index is 0.0648. The van der Waals surface area contributed by atoms with Gasteiger partial charge in [0, 0.05) is 36.6 Å². The Bertz CT molecular complexity index is 1040. The molecule has 0 aliphatic carbocycles. The van der Waals surface area contributed by atoms with Gasteiger partial charge in [-0.25, -0.2) is 0 Å². The third-order valence-corrected chi connectivity index (χ3v) is 6.18. The van der Waals surface area contributed by atoms with E-state index in [0.717, 1.165) is 61.0 Å². The van der Waals surface area contributed by atoms with Crippen molar-refractivity contribution in [3.05, 3.63) is 65.4 Å². The van der Waals surface area contributed by atoms with Crippen LogP contribution in [0.5, 0.6) is 0 Å². The van der Waals surface area contributed by atoms with Crippen molar-refractivity contribution in [1.82, 2.24) is 14.3 Å². The first-order valence-corrected chi connectivity index (χ1v) is 11.0. The van der Waals surface area contributed by atoms with E-state index in [2.05, 4.69) is 28.9 Å². The van der Waals surface area contributed by atoms with E-state index < -0.39 is 0 Å². The summed E-state index contributed by atoms with van der Waals surface area (Å²) in [6, 6.07) is 19.9. The number of amides is 1. The molecule has 0 radical (unpaired) electrons. The van der Waals surface area contributed by atoms with Gasteiger partial charge in [0.1, 0.15) is 0 Å². The zero-order valence-corrected chi connectivity index (χ0v) is 18.1.